The zero-order valence-corrected chi connectivity index (χ0v) is 36.4. The summed E-state index contributed by atoms with van der Waals surface area (Å²) in [6, 6.07) is 25.5. The Kier molecular flexibility index (Phi) is 14.5. The Labute approximate surface area is 316 Å². The molecule has 2 aromatic heterocycles. The fourth-order valence-corrected chi connectivity index (χ4v) is 12.4. The quantitative estimate of drug-likeness (QED) is 0.0656. The Morgan fingerprint density at radius 2 is 1.50 bits per heavy atom. The molecule has 0 spiro atoms. The molecule has 4 nitrogen and oxygen atoms in total. The topological polar surface area (TPSA) is 63.3 Å². The van der Waals surface area contributed by atoms with E-state index in [2.05, 4.69) is 113 Å². The summed E-state index contributed by atoms with van der Waals surface area (Å²) < 4.78 is 9.37. The third-order valence-corrected chi connectivity index (χ3v) is 17.2. The van der Waals surface area contributed by atoms with E-state index in [1.54, 1.807) is 0 Å². The fourth-order valence-electron chi connectivity index (χ4n) is 6.80. The van der Waals surface area contributed by atoms with Crippen molar-refractivity contribution < 1.29 is 34.4 Å². The van der Waals surface area contributed by atoms with E-state index < -0.39 is 13.3 Å². The van der Waals surface area contributed by atoms with Gasteiger partial charge >= 0.3 is 206 Å². The molecular weight excluding hydrogens is 855 g/mol. The van der Waals surface area contributed by atoms with Crippen LogP contribution in [-0.2, 0) is 30.3 Å². The van der Waals surface area contributed by atoms with Gasteiger partial charge in [0.15, 0.2) is 5.78 Å². The largest absolute Gasteiger partial charge is 0 e. The van der Waals surface area contributed by atoms with Crippen molar-refractivity contribution in [3.8, 4) is 11.3 Å². The first-order valence-corrected chi connectivity index (χ1v) is 24.3. The first-order chi connectivity index (χ1) is 23.2. The predicted octanol–water partition coefficient (Wildman–Crippen LogP) is 11.1. The molecule has 0 aliphatic rings. The van der Waals surface area contributed by atoms with Crippen LogP contribution in [0, 0.1) is 31.7 Å². The van der Waals surface area contributed by atoms with E-state index in [-0.39, 0.29) is 48.9 Å². The first-order valence-electron chi connectivity index (χ1n) is 18.0. The molecule has 2 heterocycles. The standard InChI is InChI=1S/C31H32GeNO.C13H24O2.Ir/c1-20-12-14-24(15-13-20)32(6,7)30-21(2)25-16-17-33-28(29(25)34-30)23-18-22-10-8-9-11-26(22)27(19-23)31(3,4)5;1-5-10(6-2)12(14)9-13(15)11(7-3)8-4;/h8-17,19H,1-7H3;9-11,14H,5-8H2,1-4H3;/q-1;;/b;12-9-;. The molecule has 1 radical (unpaired) electrons. The molecule has 5 rings (SSSR count). The fraction of sp³-hybridized carbons (Fsp3) is 0.409. The van der Waals surface area contributed by atoms with Crippen LogP contribution in [0.3, 0.4) is 0 Å². The van der Waals surface area contributed by atoms with Crippen molar-refractivity contribution in [2.75, 3.05) is 0 Å². The second-order valence-electron chi connectivity index (χ2n) is 15.0. The second-order valence-corrected chi connectivity index (χ2v) is 24.0. The average molecular weight is 912 g/mol. The number of hydrogen-bond donors (Lipinski definition) is 1. The molecule has 0 saturated heterocycles. The summed E-state index contributed by atoms with van der Waals surface area (Å²) in [5.74, 6) is 5.39. The number of rotatable bonds is 10. The van der Waals surface area contributed by atoms with Gasteiger partial charge in [0, 0.05) is 38.0 Å². The predicted molar refractivity (Wildman–Crippen MR) is 211 cm³/mol. The summed E-state index contributed by atoms with van der Waals surface area (Å²) in [5.41, 5.74) is 6.60. The Bertz CT molecular complexity index is 1920. The van der Waals surface area contributed by atoms with Crippen molar-refractivity contribution in [2.45, 2.75) is 105 Å². The molecular formula is C44H56GeIrNO3-. The zero-order valence-electron chi connectivity index (χ0n) is 32.0. The Balaban J connectivity index is 0.000000361. The molecule has 269 valence electrons. The van der Waals surface area contributed by atoms with Crippen molar-refractivity contribution in [1.82, 2.24) is 4.98 Å². The maximum absolute atomic E-state index is 11.7. The molecule has 1 N–H and O–H groups in total. The van der Waals surface area contributed by atoms with Gasteiger partial charge in [-0.05, 0) is 25.7 Å². The van der Waals surface area contributed by atoms with Gasteiger partial charge < -0.3 is 5.11 Å². The van der Waals surface area contributed by atoms with Crippen LogP contribution in [0.5, 0.6) is 0 Å². The zero-order chi connectivity index (χ0) is 36.1. The smallest absolute Gasteiger partial charge is 0 e. The van der Waals surface area contributed by atoms with Crippen LogP contribution in [0.1, 0.15) is 90.8 Å². The van der Waals surface area contributed by atoms with Crippen LogP contribution < -0.4 is 8.99 Å². The Hall–Kier alpha value is -2.99. The van der Waals surface area contributed by atoms with E-state index in [1.165, 1.54) is 37.1 Å². The van der Waals surface area contributed by atoms with Gasteiger partial charge in [0.2, 0.25) is 0 Å². The van der Waals surface area contributed by atoms with Crippen LogP contribution in [0.15, 0.2) is 83.1 Å². The van der Waals surface area contributed by atoms with Crippen molar-refractivity contribution in [1.29, 1.82) is 0 Å². The van der Waals surface area contributed by atoms with Crippen LogP contribution >= 0.6 is 0 Å². The number of pyridine rings is 1. The summed E-state index contributed by atoms with van der Waals surface area (Å²) >= 11 is -2.63. The number of carbonyl (C=O) groups is 1. The van der Waals surface area contributed by atoms with Gasteiger partial charge in [0.1, 0.15) is 0 Å². The van der Waals surface area contributed by atoms with Crippen molar-refractivity contribution in [3.05, 3.63) is 101 Å². The van der Waals surface area contributed by atoms with Crippen LogP contribution in [0.2, 0.25) is 11.5 Å². The molecule has 0 unspecified atom stereocenters. The number of benzene rings is 3. The number of ketones is 1. The normalized spacial score (nSPS) is 12.3. The second kappa shape index (κ2) is 17.5. The van der Waals surface area contributed by atoms with Crippen molar-refractivity contribution in [2.24, 2.45) is 11.8 Å². The number of aliphatic hydroxyl groups excluding tert-OH is 1. The van der Waals surface area contributed by atoms with E-state index in [4.69, 9.17) is 9.40 Å². The van der Waals surface area contributed by atoms with Gasteiger partial charge in [-0.15, -0.1) is 0 Å². The maximum Gasteiger partial charge on any atom is 0 e. The minimum atomic E-state index is -2.63. The number of carbonyl (C=O) groups excluding carboxylic acids is 1. The van der Waals surface area contributed by atoms with Crippen LogP contribution in [0.25, 0.3) is 33.0 Å². The molecule has 5 aromatic rings. The van der Waals surface area contributed by atoms with Gasteiger partial charge in [-0.2, -0.15) is 0 Å². The average Bonchev–Trinajstić information content (AvgIpc) is 3.42. The summed E-state index contributed by atoms with van der Waals surface area (Å²) in [5, 5.41) is 13.3. The van der Waals surface area contributed by atoms with E-state index in [0.29, 0.717) is 0 Å². The number of fused-ring (bicyclic) bond motifs is 2. The molecule has 0 amide bonds. The molecule has 6 heteroatoms. The summed E-state index contributed by atoms with van der Waals surface area (Å²) in [4.78, 5) is 16.5. The SMILES string of the molecule is CCC(CC)C(=O)/C=C(\O)C(CC)CC.Cc1cc[c]([Ge]([CH3])([CH3])[c]2oc3c(-c4[c-]c5ccccc5c(C(C)(C)C)c4)nccc3c2C)cc1.[Ir]. The Morgan fingerprint density at radius 3 is 2.08 bits per heavy atom. The van der Waals surface area contributed by atoms with Crippen molar-refractivity contribution >= 4 is 49.8 Å². The minimum Gasteiger partial charge on any atom is 0 e. The van der Waals surface area contributed by atoms with Gasteiger partial charge in [-0.25, -0.2) is 0 Å². The summed E-state index contributed by atoms with van der Waals surface area (Å²) in [7, 11) is 0. The number of aryl methyl sites for hydroxylation is 2. The molecule has 50 heavy (non-hydrogen) atoms. The van der Waals surface area contributed by atoms with Crippen molar-refractivity contribution in [3.63, 3.8) is 0 Å². The van der Waals surface area contributed by atoms with Gasteiger partial charge in [-0.3, -0.25) is 4.79 Å². The minimum absolute atomic E-state index is 0. The summed E-state index contributed by atoms with van der Waals surface area (Å²) in [6.45, 7) is 19.2. The summed E-state index contributed by atoms with van der Waals surface area (Å²) in [6.07, 6.45) is 6.82. The van der Waals surface area contributed by atoms with Crippen LogP contribution in [-0.4, -0.2) is 29.1 Å². The first kappa shape index (κ1) is 41.4. The molecule has 0 aliphatic carbocycles. The number of aliphatic hydroxyl groups is 1. The third kappa shape index (κ3) is 9.08. The number of allylic oxidation sites excluding steroid dienone is 2. The number of aromatic nitrogens is 1. The van der Waals surface area contributed by atoms with Gasteiger partial charge in [0.05, 0.1) is 5.76 Å². The van der Waals surface area contributed by atoms with E-state index >= 15 is 0 Å². The van der Waals surface area contributed by atoms with Gasteiger partial charge in [0.25, 0.3) is 0 Å². The van der Waals surface area contributed by atoms with E-state index in [1.807, 2.05) is 33.9 Å². The van der Waals surface area contributed by atoms with E-state index in [9.17, 15) is 9.90 Å². The van der Waals surface area contributed by atoms with Gasteiger partial charge in [-0.1, -0.05) is 27.7 Å². The molecule has 0 fully saturated rings. The molecule has 3 aromatic carbocycles. The third-order valence-electron chi connectivity index (χ3n) is 10.1. The molecule has 0 atom stereocenters. The van der Waals surface area contributed by atoms with Crippen LogP contribution in [0.4, 0.5) is 0 Å². The van der Waals surface area contributed by atoms with E-state index in [0.717, 1.165) is 53.3 Å². The number of furan rings is 1. The monoisotopic (exact) mass is 913 g/mol. The maximum atomic E-state index is 11.7. The molecule has 0 saturated carbocycles. The molecule has 0 aliphatic heterocycles. The number of hydrogen-bond acceptors (Lipinski definition) is 4. The Morgan fingerprint density at radius 1 is 0.900 bits per heavy atom. The number of nitrogens with zero attached hydrogens (tertiary/aromatic N) is 1. The molecule has 0 bridgehead atoms.